The van der Waals surface area contributed by atoms with E-state index in [4.69, 9.17) is 16.3 Å². The minimum absolute atomic E-state index is 0.636. The second kappa shape index (κ2) is 8.95. The molecule has 0 saturated carbocycles. The molecule has 1 rings (SSSR count). The summed E-state index contributed by atoms with van der Waals surface area (Å²) < 4.78 is 5.56. The number of aromatic nitrogens is 1. The summed E-state index contributed by atoms with van der Waals surface area (Å²) in [6.45, 7) is 8.19. The van der Waals surface area contributed by atoms with Crippen LogP contribution in [0.2, 0.25) is 5.02 Å². The maximum absolute atomic E-state index is 6.09. The highest BCUT2D eigenvalue weighted by Gasteiger charge is 2.04. The summed E-state index contributed by atoms with van der Waals surface area (Å²) in [5, 5.41) is 3.99. The third-order valence-electron chi connectivity index (χ3n) is 2.45. The first-order chi connectivity index (χ1) is 8.77. The Kier molecular flexibility index (Phi) is 7.46. The second-order valence-corrected chi connectivity index (χ2v) is 4.48. The first-order valence-electron chi connectivity index (χ1n) is 6.36. The van der Waals surface area contributed by atoms with Gasteiger partial charge in [0.1, 0.15) is 0 Å². The van der Waals surface area contributed by atoms with Crippen molar-refractivity contribution in [1.29, 1.82) is 0 Å². The van der Waals surface area contributed by atoms with Gasteiger partial charge in [0.05, 0.1) is 11.6 Å². The molecule has 0 aliphatic carbocycles. The normalized spacial score (nSPS) is 10.3. The molecule has 0 spiro atoms. The van der Waals surface area contributed by atoms with Crippen LogP contribution in [0.1, 0.15) is 31.7 Å². The summed E-state index contributed by atoms with van der Waals surface area (Å²) in [4.78, 5) is 4.16. The van der Waals surface area contributed by atoms with Crippen molar-refractivity contribution in [2.24, 2.45) is 0 Å². The quantitative estimate of drug-likeness (QED) is 0.549. The molecule has 1 aromatic rings. The lowest BCUT2D eigenvalue weighted by Crippen LogP contribution is -2.14. The second-order valence-electron chi connectivity index (χ2n) is 4.07. The number of hydrogen-bond donors (Lipinski definition) is 1. The van der Waals surface area contributed by atoms with Gasteiger partial charge >= 0.3 is 0 Å². The lowest BCUT2D eigenvalue weighted by atomic mass is 10.2. The lowest BCUT2D eigenvalue weighted by Gasteiger charge is -2.09. The summed E-state index contributed by atoms with van der Waals surface area (Å²) >= 11 is 6.09. The van der Waals surface area contributed by atoms with Gasteiger partial charge in [0, 0.05) is 18.8 Å². The number of nitrogens with zero attached hydrogens (tertiary/aromatic N) is 1. The van der Waals surface area contributed by atoms with Crippen molar-refractivity contribution in [1.82, 2.24) is 10.3 Å². The van der Waals surface area contributed by atoms with Crippen LogP contribution in [-0.2, 0) is 6.54 Å². The number of rotatable bonds is 9. The first-order valence-corrected chi connectivity index (χ1v) is 6.74. The van der Waals surface area contributed by atoms with E-state index < -0.39 is 0 Å². The van der Waals surface area contributed by atoms with Gasteiger partial charge in [-0.1, -0.05) is 24.6 Å². The smallest absolute Gasteiger partial charge is 0.213 e. The van der Waals surface area contributed by atoms with Gasteiger partial charge in [0.2, 0.25) is 5.88 Å². The molecule has 100 valence electrons. The van der Waals surface area contributed by atoms with Crippen molar-refractivity contribution < 1.29 is 4.74 Å². The number of ether oxygens (including phenoxy) is 1. The zero-order valence-corrected chi connectivity index (χ0v) is 11.7. The molecule has 4 heteroatoms. The Morgan fingerprint density at radius 1 is 1.56 bits per heavy atom. The van der Waals surface area contributed by atoms with Crippen molar-refractivity contribution in [2.75, 3.05) is 13.2 Å². The highest BCUT2D eigenvalue weighted by molar-refractivity contribution is 6.31. The Labute approximate surface area is 114 Å². The Morgan fingerprint density at radius 3 is 3.11 bits per heavy atom. The van der Waals surface area contributed by atoms with Crippen LogP contribution in [0.25, 0.3) is 0 Å². The van der Waals surface area contributed by atoms with Crippen molar-refractivity contribution in [3.05, 3.63) is 35.5 Å². The average Bonchev–Trinajstić information content (AvgIpc) is 2.38. The Bertz CT molecular complexity index is 369. The van der Waals surface area contributed by atoms with Crippen molar-refractivity contribution >= 4 is 11.6 Å². The van der Waals surface area contributed by atoms with E-state index in [2.05, 4.69) is 23.8 Å². The van der Waals surface area contributed by atoms with E-state index in [0.29, 0.717) is 17.5 Å². The van der Waals surface area contributed by atoms with E-state index in [-0.39, 0.29) is 0 Å². The van der Waals surface area contributed by atoms with Gasteiger partial charge in [-0.25, -0.2) is 4.98 Å². The topological polar surface area (TPSA) is 34.1 Å². The monoisotopic (exact) mass is 268 g/mol. The van der Waals surface area contributed by atoms with Crippen LogP contribution < -0.4 is 10.1 Å². The molecule has 1 aromatic heterocycles. The molecule has 0 fully saturated rings. The Hall–Kier alpha value is -1.06. The molecule has 0 saturated heterocycles. The zero-order valence-electron chi connectivity index (χ0n) is 10.9. The number of unbranched alkanes of at least 4 members (excludes halogenated alkanes) is 1. The van der Waals surface area contributed by atoms with Crippen LogP contribution in [-0.4, -0.2) is 18.1 Å². The largest absolute Gasteiger partial charge is 0.478 e. The van der Waals surface area contributed by atoms with Crippen molar-refractivity contribution in [3.8, 4) is 5.88 Å². The highest BCUT2D eigenvalue weighted by atomic mass is 35.5. The molecule has 0 unspecified atom stereocenters. The molecule has 1 heterocycles. The third-order valence-corrected chi connectivity index (χ3v) is 2.79. The van der Waals surface area contributed by atoms with Crippen molar-refractivity contribution in [3.63, 3.8) is 0 Å². The van der Waals surface area contributed by atoms with E-state index >= 15 is 0 Å². The van der Waals surface area contributed by atoms with Crippen LogP contribution >= 0.6 is 11.6 Å². The van der Waals surface area contributed by atoms with Crippen LogP contribution in [0, 0.1) is 0 Å². The molecule has 0 aromatic carbocycles. The molecule has 0 amide bonds. The molecule has 0 bridgehead atoms. The summed E-state index contributed by atoms with van der Waals surface area (Å²) in [7, 11) is 0. The number of pyridine rings is 1. The molecule has 0 atom stereocenters. The Balaban J connectivity index is 2.48. The van der Waals surface area contributed by atoms with Gasteiger partial charge in [0.15, 0.2) is 0 Å². The van der Waals surface area contributed by atoms with E-state index in [0.717, 1.165) is 37.9 Å². The van der Waals surface area contributed by atoms with Crippen LogP contribution in [0.5, 0.6) is 5.88 Å². The number of hydrogen-bond acceptors (Lipinski definition) is 3. The maximum Gasteiger partial charge on any atom is 0.213 e. The minimum atomic E-state index is 0.636. The van der Waals surface area contributed by atoms with Gasteiger partial charge < -0.3 is 10.1 Å². The highest BCUT2D eigenvalue weighted by Crippen LogP contribution is 2.19. The van der Waals surface area contributed by atoms with Crippen LogP contribution in [0.15, 0.2) is 24.9 Å². The number of halogens is 1. The predicted molar refractivity (Wildman–Crippen MR) is 76.2 cm³/mol. The molecule has 0 radical (unpaired) electrons. The van der Waals surface area contributed by atoms with E-state index in [1.54, 1.807) is 6.20 Å². The fourth-order valence-electron chi connectivity index (χ4n) is 1.48. The van der Waals surface area contributed by atoms with Gasteiger partial charge in [0.25, 0.3) is 0 Å². The van der Waals surface area contributed by atoms with Crippen LogP contribution in [0.4, 0.5) is 0 Å². The molecule has 3 nitrogen and oxygen atoms in total. The van der Waals surface area contributed by atoms with E-state index in [1.807, 2.05) is 12.1 Å². The Morgan fingerprint density at radius 2 is 2.39 bits per heavy atom. The fraction of sp³-hybridized carbons (Fsp3) is 0.500. The zero-order chi connectivity index (χ0) is 13.2. The summed E-state index contributed by atoms with van der Waals surface area (Å²) in [5.74, 6) is 0.636. The third kappa shape index (κ3) is 5.52. The lowest BCUT2D eigenvalue weighted by molar-refractivity contribution is 0.300. The summed E-state index contributed by atoms with van der Waals surface area (Å²) in [6.07, 6.45) is 6.55. The standard InChI is InChI=1S/C14H21ClN2O/c1-3-5-6-8-18-14-9-12(10-16-7-4-2)13(15)11-17-14/h3,9,11,16H,1,4-8,10H2,2H3. The summed E-state index contributed by atoms with van der Waals surface area (Å²) in [5.41, 5.74) is 1.03. The van der Waals surface area contributed by atoms with Gasteiger partial charge in [-0.05, 0) is 31.4 Å². The maximum atomic E-state index is 6.09. The molecule has 18 heavy (non-hydrogen) atoms. The fourth-order valence-corrected chi connectivity index (χ4v) is 1.65. The molecule has 0 aliphatic heterocycles. The average molecular weight is 269 g/mol. The number of nitrogens with one attached hydrogen (secondary N) is 1. The van der Waals surface area contributed by atoms with Gasteiger partial charge in [-0.15, -0.1) is 6.58 Å². The molecular weight excluding hydrogens is 248 g/mol. The molecule has 0 aliphatic rings. The first kappa shape index (κ1) is 15.0. The van der Waals surface area contributed by atoms with Gasteiger partial charge in [-0.2, -0.15) is 0 Å². The number of allylic oxidation sites excluding steroid dienone is 1. The molecule has 1 N–H and O–H groups in total. The van der Waals surface area contributed by atoms with Crippen LogP contribution in [0.3, 0.4) is 0 Å². The molecular formula is C14H21ClN2O. The van der Waals surface area contributed by atoms with E-state index in [9.17, 15) is 0 Å². The minimum Gasteiger partial charge on any atom is -0.478 e. The predicted octanol–water partition coefficient (Wildman–Crippen LogP) is 3.58. The summed E-state index contributed by atoms with van der Waals surface area (Å²) in [6, 6.07) is 1.90. The SMILES string of the molecule is C=CCCCOc1cc(CNCCC)c(Cl)cn1. The van der Waals surface area contributed by atoms with E-state index in [1.165, 1.54) is 0 Å². The van der Waals surface area contributed by atoms with Gasteiger partial charge in [-0.3, -0.25) is 0 Å². The van der Waals surface area contributed by atoms with Crippen molar-refractivity contribution in [2.45, 2.75) is 32.7 Å².